The van der Waals surface area contributed by atoms with Gasteiger partial charge in [-0.1, -0.05) is 0 Å². The topological polar surface area (TPSA) is 61.8 Å². The third-order valence-electron chi connectivity index (χ3n) is 5.16. The summed E-state index contributed by atoms with van der Waals surface area (Å²) >= 11 is 0. The van der Waals surface area contributed by atoms with Gasteiger partial charge in [0.25, 0.3) is 5.91 Å². The van der Waals surface area contributed by atoms with Gasteiger partial charge in [-0.15, -0.1) is 0 Å². The molecular weight excluding hydrogens is 316 g/mol. The molecule has 1 amide bonds. The van der Waals surface area contributed by atoms with E-state index in [1.165, 1.54) is 25.9 Å². The number of fused-ring (bicyclic) bond motifs is 3. The SMILES string of the molecule is O=C(N[C@H]1CN2CCC1CC2)c1ccc(Oc2ccc(O)cc2)cc1. The van der Waals surface area contributed by atoms with E-state index in [0.717, 1.165) is 6.54 Å². The molecule has 3 fully saturated rings. The minimum absolute atomic E-state index is 0.0186. The fraction of sp³-hybridized carbons (Fsp3) is 0.350. The minimum Gasteiger partial charge on any atom is -0.508 e. The zero-order valence-electron chi connectivity index (χ0n) is 14.0. The van der Waals surface area contributed by atoms with Crippen molar-refractivity contribution in [2.45, 2.75) is 18.9 Å². The molecule has 0 saturated carbocycles. The van der Waals surface area contributed by atoms with E-state index < -0.39 is 0 Å². The summed E-state index contributed by atoms with van der Waals surface area (Å²) in [5, 5.41) is 12.5. The molecule has 2 bridgehead atoms. The molecule has 0 aliphatic carbocycles. The standard InChI is InChI=1S/C20H22N2O3/c23-16-3-7-18(8-4-16)25-17-5-1-15(2-6-17)20(24)21-19-13-22-11-9-14(19)10-12-22/h1-8,14,19,23H,9-13H2,(H,21,24)/t19-/m0/s1. The number of nitrogens with zero attached hydrogens (tertiary/aromatic N) is 1. The number of phenols is 1. The van der Waals surface area contributed by atoms with Crippen LogP contribution in [0, 0.1) is 5.92 Å². The molecule has 5 rings (SSSR count). The number of phenolic OH excluding ortho intramolecular Hbond substituents is 1. The third-order valence-corrected chi connectivity index (χ3v) is 5.16. The monoisotopic (exact) mass is 338 g/mol. The molecule has 3 heterocycles. The molecule has 1 atom stereocenters. The van der Waals surface area contributed by atoms with Gasteiger partial charge in [-0.05, 0) is 80.4 Å². The number of piperidine rings is 3. The van der Waals surface area contributed by atoms with Gasteiger partial charge in [0.1, 0.15) is 17.2 Å². The summed E-state index contributed by atoms with van der Waals surface area (Å²) < 4.78 is 5.71. The summed E-state index contributed by atoms with van der Waals surface area (Å²) in [5.41, 5.74) is 0.648. The van der Waals surface area contributed by atoms with Crippen LogP contribution >= 0.6 is 0 Å². The molecule has 3 aliphatic rings. The Morgan fingerprint density at radius 2 is 1.60 bits per heavy atom. The lowest BCUT2D eigenvalue weighted by molar-refractivity contribution is 0.0620. The maximum atomic E-state index is 12.5. The number of carbonyl (C=O) groups is 1. The van der Waals surface area contributed by atoms with E-state index in [1.54, 1.807) is 48.5 Å². The predicted molar refractivity (Wildman–Crippen MR) is 95.0 cm³/mol. The lowest BCUT2D eigenvalue weighted by Gasteiger charge is -2.44. The summed E-state index contributed by atoms with van der Waals surface area (Å²) in [6.45, 7) is 3.30. The Balaban J connectivity index is 1.38. The van der Waals surface area contributed by atoms with Gasteiger partial charge in [0.15, 0.2) is 0 Å². The highest BCUT2D eigenvalue weighted by atomic mass is 16.5. The van der Waals surface area contributed by atoms with Crippen LogP contribution in [-0.4, -0.2) is 41.6 Å². The van der Waals surface area contributed by atoms with E-state index >= 15 is 0 Å². The number of hydrogen-bond acceptors (Lipinski definition) is 4. The van der Waals surface area contributed by atoms with E-state index in [4.69, 9.17) is 4.74 Å². The highest BCUT2D eigenvalue weighted by Gasteiger charge is 2.34. The van der Waals surface area contributed by atoms with Crippen LogP contribution in [0.15, 0.2) is 48.5 Å². The van der Waals surface area contributed by atoms with E-state index in [2.05, 4.69) is 10.2 Å². The minimum atomic E-state index is -0.0186. The van der Waals surface area contributed by atoms with Gasteiger partial charge in [-0.25, -0.2) is 0 Å². The summed E-state index contributed by atoms with van der Waals surface area (Å²) in [4.78, 5) is 14.9. The van der Waals surface area contributed by atoms with Gasteiger partial charge in [-0.3, -0.25) is 4.79 Å². The molecule has 0 aromatic heterocycles. The van der Waals surface area contributed by atoms with Gasteiger partial charge in [0.05, 0.1) is 0 Å². The van der Waals surface area contributed by atoms with Crippen LogP contribution in [0.2, 0.25) is 0 Å². The average Bonchev–Trinajstić information content (AvgIpc) is 2.65. The van der Waals surface area contributed by atoms with Gasteiger partial charge < -0.3 is 20.1 Å². The summed E-state index contributed by atoms with van der Waals surface area (Å²) in [6.07, 6.45) is 2.37. The van der Waals surface area contributed by atoms with Crippen LogP contribution in [0.25, 0.3) is 0 Å². The van der Waals surface area contributed by atoms with Crippen LogP contribution < -0.4 is 10.1 Å². The molecular formula is C20H22N2O3. The Bertz CT molecular complexity index is 735. The maximum absolute atomic E-state index is 12.5. The van der Waals surface area contributed by atoms with Crippen molar-refractivity contribution in [3.05, 3.63) is 54.1 Å². The lowest BCUT2D eigenvalue weighted by Crippen LogP contribution is -2.57. The van der Waals surface area contributed by atoms with Crippen molar-refractivity contribution in [2.75, 3.05) is 19.6 Å². The number of amides is 1. The first kappa shape index (κ1) is 16.0. The van der Waals surface area contributed by atoms with Gasteiger partial charge in [-0.2, -0.15) is 0 Å². The number of hydrogen-bond donors (Lipinski definition) is 2. The fourth-order valence-electron chi connectivity index (χ4n) is 3.70. The second kappa shape index (κ2) is 6.76. The molecule has 5 nitrogen and oxygen atoms in total. The normalized spacial score (nSPS) is 24.7. The smallest absolute Gasteiger partial charge is 0.251 e. The van der Waals surface area contributed by atoms with E-state index in [1.807, 2.05) is 0 Å². The Hall–Kier alpha value is -2.53. The molecule has 2 N–H and O–H groups in total. The third kappa shape index (κ3) is 3.61. The van der Waals surface area contributed by atoms with Crippen molar-refractivity contribution in [1.29, 1.82) is 0 Å². The maximum Gasteiger partial charge on any atom is 0.251 e. The van der Waals surface area contributed by atoms with E-state index in [9.17, 15) is 9.90 Å². The highest BCUT2D eigenvalue weighted by Crippen LogP contribution is 2.28. The number of carbonyl (C=O) groups excluding carboxylic acids is 1. The van der Waals surface area contributed by atoms with Gasteiger partial charge in [0.2, 0.25) is 0 Å². The fourth-order valence-corrected chi connectivity index (χ4v) is 3.70. The Morgan fingerprint density at radius 1 is 1.00 bits per heavy atom. The van der Waals surface area contributed by atoms with E-state index in [0.29, 0.717) is 23.0 Å². The average molecular weight is 338 g/mol. The summed E-state index contributed by atoms with van der Waals surface area (Å²) in [6, 6.07) is 14.0. The number of ether oxygens (including phenoxy) is 1. The first-order chi connectivity index (χ1) is 12.2. The van der Waals surface area contributed by atoms with Crippen LogP contribution in [0.1, 0.15) is 23.2 Å². The van der Waals surface area contributed by atoms with Crippen LogP contribution in [-0.2, 0) is 0 Å². The van der Waals surface area contributed by atoms with Crippen molar-refractivity contribution in [1.82, 2.24) is 10.2 Å². The Labute approximate surface area is 147 Å². The van der Waals surface area contributed by atoms with Crippen LogP contribution in [0.5, 0.6) is 17.2 Å². The first-order valence-corrected chi connectivity index (χ1v) is 8.77. The van der Waals surface area contributed by atoms with Crippen molar-refractivity contribution in [3.8, 4) is 17.2 Å². The van der Waals surface area contributed by atoms with Crippen LogP contribution in [0.4, 0.5) is 0 Å². The summed E-state index contributed by atoms with van der Waals surface area (Å²) in [7, 11) is 0. The van der Waals surface area contributed by atoms with Crippen molar-refractivity contribution in [2.24, 2.45) is 5.92 Å². The first-order valence-electron chi connectivity index (χ1n) is 8.77. The zero-order valence-corrected chi connectivity index (χ0v) is 14.0. The Morgan fingerprint density at radius 3 is 2.16 bits per heavy atom. The zero-order chi connectivity index (χ0) is 17.2. The van der Waals surface area contributed by atoms with Crippen LogP contribution in [0.3, 0.4) is 0 Å². The largest absolute Gasteiger partial charge is 0.508 e. The Kier molecular flexibility index (Phi) is 4.32. The van der Waals surface area contributed by atoms with Crippen molar-refractivity contribution < 1.29 is 14.6 Å². The molecule has 2 aromatic carbocycles. The molecule has 3 aliphatic heterocycles. The number of benzene rings is 2. The number of nitrogens with one attached hydrogen (secondary N) is 1. The van der Waals surface area contributed by atoms with Crippen molar-refractivity contribution in [3.63, 3.8) is 0 Å². The number of rotatable bonds is 4. The predicted octanol–water partition coefficient (Wildman–Crippen LogP) is 3.01. The molecule has 3 saturated heterocycles. The quantitative estimate of drug-likeness (QED) is 0.900. The van der Waals surface area contributed by atoms with Gasteiger partial charge in [0, 0.05) is 18.2 Å². The molecule has 5 heteroatoms. The van der Waals surface area contributed by atoms with Crippen molar-refractivity contribution >= 4 is 5.91 Å². The molecule has 0 spiro atoms. The van der Waals surface area contributed by atoms with Gasteiger partial charge >= 0.3 is 0 Å². The second-order valence-corrected chi connectivity index (χ2v) is 6.84. The highest BCUT2D eigenvalue weighted by molar-refractivity contribution is 5.94. The molecule has 130 valence electrons. The number of aromatic hydroxyl groups is 1. The molecule has 2 aromatic rings. The lowest BCUT2D eigenvalue weighted by atomic mass is 9.84. The van der Waals surface area contributed by atoms with E-state index in [-0.39, 0.29) is 17.7 Å². The second-order valence-electron chi connectivity index (χ2n) is 6.84. The molecule has 0 radical (unpaired) electrons. The molecule has 0 unspecified atom stereocenters. The molecule has 25 heavy (non-hydrogen) atoms. The summed E-state index contributed by atoms with van der Waals surface area (Å²) in [5.74, 6) is 2.10.